The fourth-order valence-corrected chi connectivity index (χ4v) is 1.26. The van der Waals surface area contributed by atoms with E-state index in [9.17, 15) is 0 Å². The highest BCUT2D eigenvalue weighted by atomic mass is 16.5. The second-order valence-corrected chi connectivity index (χ2v) is 4.22. The molecule has 0 atom stereocenters. The minimum absolute atomic E-state index is 0.523. The van der Waals surface area contributed by atoms with Gasteiger partial charge in [0.15, 0.2) is 0 Å². The molecule has 0 radical (unpaired) electrons. The maximum atomic E-state index is 5.58. The molecule has 84 valence electrons. The standard InChI is InChI=1S/C12H20N2O/c1-5-6-11-13-10(4)7-12(14-11)15-8-9(2)3/h7,9H,5-6,8H2,1-4H3. The van der Waals surface area contributed by atoms with E-state index >= 15 is 0 Å². The summed E-state index contributed by atoms with van der Waals surface area (Å²) in [6.07, 6.45) is 1.98. The van der Waals surface area contributed by atoms with Crippen molar-refractivity contribution < 1.29 is 4.74 Å². The molecule has 3 nitrogen and oxygen atoms in total. The van der Waals surface area contributed by atoms with E-state index in [4.69, 9.17) is 4.74 Å². The monoisotopic (exact) mass is 208 g/mol. The van der Waals surface area contributed by atoms with Crippen LogP contribution in [0.4, 0.5) is 0 Å². The van der Waals surface area contributed by atoms with Crippen molar-refractivity contribution in [2.24, 2.45) is 5.92 Å². The highest BCUT2D eigenvalue weighted by Gasteiger charge is 2.03. The normalized spacial score (nSPS) is 10.7. The Kier molecular flexibility index (Phi) is 4.53. The number of hydrogen-bond donors (Lipinski definition) is 0. The number of rotatable bonds is 5. The van der Waals surface area contributed by atoms with Gasteiger partial charge in [0.2, 0.25) is 5.88 Å². The molecule has 0 aliphatic carbocycles. The van der Waals surface area contributed by atoms with Crippen LogP contribution in [0, 0.1) is 12.8 Å². The van der Waals surface area contributed by atoms with Crippen molar-refractivity contribution in [3.8, 4) is 5.88 Å². The van der Waals surface area contributed by atoms with Crippen molar-refractivity contribution in [2.75, 3.05) is 6.61 Å². The molecule has 0 saturated heterocycles. The fourth-order valence-electron chi connectivity index (χ4n) is 1.26. The molecule has 1 aromatic heterocycles. The van der Waals surface area contributed by atoms with Gasteiger partial charge in [-0.05, 0) is 19.3 Å². The average molecular weight is 208 g/mol. The highest BCUT2D eigenvalue weighted by Crippen LogP contribution is 2.11. The van der Waals surface area contributed by atoms with Crippen molar-refractivity contribution in [3.63, 3.8) is 0 Å². The molecule has 0 saturated carbocycles. The topological polar surface area (TPSA) is 35.0 Å². The van der Waals surface area contributed by atoms with Gasteiger partial charge < -0.3 is 4.74 Å². The van der Waals surface area contributed by atoms with Crippen LogP contribution in [0.1, 0.15) is 38.7 Å². The summed E-state index contributed by atoms with van der Waals surface area (Å²) in [6.45, 7) is 9.06. The molecule has 1 heterocycles. The van der Waals surface area contributed by atoms with Crippen molar-refractivity contribution in [2.45, 2.75) is 40.5 Å². The molecule has 0 bridgehead atoms. The van der Waals surface area contributed by atoms with Crippen molar-refractivity contribution >= 4 is 0 Å². The second kappa shape index (κ2) is 5.69. The lowest BCUT2D eigenvalue weighted by Gasteiger charge is -2.09. The Morgan fingerprint density at radius 3 is 2.67 bits per heavy atom. The van der Waals surface area contributed by atoms with Crippen molar-refractivity contribution in [3.05, 3.63) is 17.6 Å². The molecular formula is C12H20N2O. The van der Waals surface area contributed by atoms with Gasteiger partial charge in [0, 0.05) is 18.2 Å². The van der Waals surface area contributed by atoms with E-state index in [0.29, 0.717) is 18.4 Å². The maximum absolute atomic E-state index is 5.58. The Morgan fingerprint density at radius 1 is 1.33 bits per heavy atom. The van der Waals surface area contributed by atoms with Gasteiger partial charge in [-0.25, -0.2) is 4.98 Å². The van der Waals surface area contributed by atoms with E-state index < -0.39 is 0 Å². The first-order chi connectivity index (χ1) is 7.11. The van der Waals surface area contributed by atoms with Gasteiger partial charge >= 0.3 is 0 Å². The Morgan fingerprint density at radius 2 is 2.07 bits per heavy atom. The van der Waals surface area contributed by atoms with Gasteiger partial charge in [-0.1, -0.05) is 20.8 Å². The third-order valence-electron chi connectivity index (χ3n) is 1.92. The van der Waals surface area contributed by atoms with Crippen LogP contribution in [0.3, 0.4) is 0 Å². The number of hydrogen-bond acceptors (Lipinski definition) is 3. The molecule has 0 aromatic carbocycles. The first-order valence-corrected chi connectivity index (χ1v) is 5.59. The minimum atomic E-state index is 0.523. The summed E-state index contributed by atoms with van der Waals surface area (Å²) in [5, 5.41) is 0. The number of nitrogens with zero attached hydrogens (tertiary/aromatic N) is 2. The first kappa shape index (κ1) is 12.0. The second-order valence-electron chi connectivity index (χ2n) is 4.22. The van der Waals surface area contributed by atoms with Crippen molar-refractivity contribution in [1.29, 1.82) is 0 Å². The molecular weight excluding hydrogens is 188 g/mol. The predicted molar refractivity (Wildman–Crippen MR) is 61.1 cm³/mol. The minimum Gasteiger partial charge on any atom is -0.477 e. The van der Waals surface area contributed by atoms with Crippen molar-refractivity contribution in [1.82, 2.24) is 9.97 Å². The summed E-state index contributed by atoms with van der Waals surface area (Å²) in [5.41, 5.74) is 0.979. The largest absolute Gasteiger partial charge is 0.477 e. The first-order valence-electron chi connectivity index (χ1n) is 5.59. The van der Waals surface area contributed by atoms with Crippen LogP contribution in [0.15, 0.2) is 6.07 Å². The Labute approximate surface area is 91.9 Å². The zero-order valence-corrected chi connectivity index (χ0v) is 10.1. The Balaban J connectivity index is 2.70. The lowest BCUT2D eigenvalue weighted by Crippen LogP contribution is -2.07. The third kappa shape index (κ3) is 4.28. The smallest absolute Gasteiger partial charge is 0.216 e. The highest BCUT2D eigenvalue weighted by molar-refractivity contribution is 5.15. The van der Waals surface area contributed by atoms with Crippen LogP contribution in [-0.4, -0.2) is 16.6 Å². The zero-order valence-electron chi connectivity index (χ0n) is 10.1. The summed E-state index contributed by atoms with van der Waals surface area (Å²) in [6, 6.07) is 1.89. The Bertz CT molecular complexity index is 310. The molecule has 0 aliphatic rings. The van der Waals surface area contributed by atoms with E-state index in [1.807, 2.05) is 13.0 Å². The molecule has 0 aliphatic heterocycles. The average Bonchev–Trinajstić information content (AvgIpc) is 2.14. The van der Waals surface area contributed by atoms with E-state index in [2.05, 4.69) is 30.7 Å². The number of ether oxygens (including phenoxy) is 1. The molecule has 0 amide bonds. The lowest BCUT2D eigenvalue weighted by molar-refractivity contribution is 0.260. The maximum Gasteiger partial charge on any atom is 0.216 e. The molecule has 15 heavy (non-hydrogen) atoms. The molecule has 1 aromatic rings. The fraction of sp³-hybridized carbons (Fsp3) is 0.667. The Hall–Kier alpha value is -1.12. The van der Waals surface area contributed by atoms with Gasteiger partial charge in [-0.3, -0.25) is 0 Å². The third-order valence-corrected chi connectivity index (χ3v) is 1.92. The summed E-state index contributed by atoms with van der Waals surface area (Å²) in [5.74, 6) is 2.12. The lowest BCUT2D eigenvalue weighted by atomic mass is 10.2. The van der Waals surface area contributed by atoms with Gasteiger partial charge in [0.05, 0.1) is 6.61 Å². The van der Waals surface area contributed by atoms with E-state index in [-0.39, 0.29) is 0 Å². The van der Waals surface area contributed by atoms with Gasteiger partial charge in [-0.15, -0.1) is 0 Å². The van der Waals surface area contributed by atoms with Crippen LogP contribution in [0.2, 0.25) is 0 Å². The zero-order chi connectivity index (χ0) is 11.3. The molecule has 0 spiro atoms. The van der Waals surface area contributed by atoms with Crippen LogP contribution < -0.4 is 4.74 Å². The molecule has 1 rings (SSSR count). The van der Waals surface area contributed by atoms with E-state index in [0.717, 1.165) is 24.4 Å². The van der Waals surface area contributed by atoms with Crippen LogP contribution >= 0.6 is 0 Å². The van der Waals surface area contributed by atoms with Crippen LogP contribution in [0.5, 0.6) is 5.88 Å². The molecule has 0 unspecified atom stereocenters. The van der Waals surface area contributed by atoms with Gasteiger partial charge in [-0.2, -0.15) is 4.98 Å². The van der Waals surface area contributed by atoms with Gasteiger partial charge in [0.1, 0.15) is 5.82 Å². The van der Waals surface area contributed by atoms with E-state index in [1.165, 1.54) is 0 Å². The quantitative estimate of drug-likeness (QED) is 0.746. The molecule has 3 heteroatoms. The number of aryl methyl sites for hydroxylation is 2. The van der Waals surface area contributed by atoms with Crippen LogP contribution in [-0.2, 0) is 6.42 Å². The molecule has 0 fully saturated rings. The summed E-state index contributed by atoms with van der Waals surface area (Å²) >= 11 is 0. The van der Waals surface area contributed by atoms with E-state index in [1.54, 1.807) is 0 Å². The summed E-state index contributed by atoms with van der Waals surface area (Å²) < 4.78 is 5.58. The summed E-state index contributed by atoms with van der Waals surface area (Å²) in [4.78, 5) is 8.72. The summed E-state index contributed by atoms with van der Waals surface area (Å²) in [7, 11) is 0. The molecule has 0 N–H and O–H groups in total. The number of aromatic nitrogens is 2. The SMILES string of the molecule is CCCc1nc(C)cc(OCC(C)C)n1. The van der Waals surface area contributed by atoms with Crippen LogP contribution in [0.25, 0.3) is 0 Å². The van der Waals surface area contributed by atoms with Gasteiger partial charge in [0.25, 0.3) is 0 Å². The predicted octanol–water partition coefficient (Wildman–Crippen LogP) is 2.77.